The van der Waals surface area contributed by atoms with E-state index >= 15 is 0 Å². The van der Waals surface area contributed by atoms with Gasteiger partial charge in [0.25, 0.3) is 0 Å². The molecular formula is C16H22N2O5S. The quantitative estimate of drug-likeness (QED) is 0.884. The second-order valence-corrected chi connectivity index (χ2v) is 8.52. The summed E-state index contributed by atoms with van der Waals surface area (Å²) in [6.45, 7) is 5.57. The fraction of sp³-hybridized carbons (Fsp3) is 0.500. The summed E-state index contributed by atoms with van der Waals surface area (Å²) in [7, 11) is -3.76. The van der Waals surface area contributed by atoms with Gasteiger partial charge in [-0.3, -0.25) is 9.52 Å². The van der Waals surface area contributed by atoms with Crippen molar-refractivity contribution in [3.63, 3.8) is 0 Å². The summed E-state index contributed by atoms with van der Waals surface area (Å²) < 4.78 is 31.3. The third-order valence-corrected chi connectivity index (χ3v) is 4.59. The number of hydrogen-bond acceptors (Lipinski definition) is 5. The zero-order chi connectivity index (χ0) is 18.0. The van der Waals surface area contributed by atoms with Crippen molar-refractivity contribution in [2.24, 2.45) is 5.92 Å². The van der Waals surface area contributed by atoms with E-state index < -0.39 is 33.5 Å². The van der Waals surface area contributed by atoms with Crippen molar-refractivity contribution < 1.29 is 22.7 Å². The molecule has 24 heavy (non-hydrogen) atoms. The Morgan fingerprint density at radius 1 is 1.21 bits per heavy atom. The van der Waals surface area contributed by atoms with Crippen LogP contribution < -0.4 is 4.72 Å². The second-order valence-electron chi connectivity index (χ2n) is 6.79. The Balaban J connectivity index is 1.83. The van der Waals surface area contributed by atoms with Gasteiger partial charge >= 0.3 is 6.09 Å². The normalized spacial score (nSPS) is 15.5. The first-order valence-corrected chi connectivity index (χ1v) is 9.27. The van der Waals surface area contributed by atoms with Crippen LogP contribution in [0.4, 0.5) is 4.79 Å². The highest BCUT2D eigenvalue weighted by molar-refractivity contribution is 7.89. The van der Waals surface area contributed by atoms with E-state index in [1.165, 1.54) is 4.90 Å². The highest BCUT2D eigenvalue weighted by atomic mass is 32.2. The highest BCUT2D eigenvalue weighted by Crippen LogP contribution is 2.20. The van der Waals surface area contributed by atoms with Crippen LogP contribution in [-0.4, -0.2) is 44.0 Å². The molecule has 1 heterocycles. The summed E-state index contributed by atoms with van der Waals surface area (Å²) >= 11 is 0. The largest absolute Gasteiger partial charge is 0.444 e. The lowest BCUT2D eigenvalue weighted by Gasteiger charge is -2.38. The second kappa shape index (κ2) is 6.80. The fourth-order valence-electron chi connectivity index (χ4n) is 2.19. The minimum atomic E-state index is -3.76. The monoisotopic (exact) mass is 354 g/mol. The van der Waals surface area contributed by atoms with Crippen LogP contribution in [0.3, 0.4) is 0 Å². The van der Waals surface area contributed by atoms with Crippen molar-refractivity contribution in [3.8, 4) is 0 Å². The van der Waals surface area contributed by atoms with Crippen LogP contribution in [0.15, 0.2) is 30.3 Å². The van der Waals surface area contributed by atoms with Gasteiger partial charge in [0.05, 0.1) is 11.7 Å². The number of carbonyl (C=O) groups excluding carboxylic acids is 2. The van der Waals surface area contributed by atoms with Crippen LogP contribution in [0.1, 0.15) is 26.3 Å². The SMILES string of the molecule is CC(C)(C)OC(=O)N1CC(C(=O)NS(=O)(=O)Cc2ccccc2)C1. The number of nitrogens with one attached hydrogen (secondary N) is 1. The molecule has 1 fully saturated rings. The third-order valence-electron chi connectivity index (χ3n) is 3.36. The number of likely N-dealkylation sites (tertiary alicyclic amines) is 1. The van der Waals surface area contributed by atoms with Gasteiger partial charge < -0.3 is 9.64 Å². The number of hydrogen-bond donors (Lipinski definition) is 1. The summed E-state index contributed by atoms with van der Waals surface area (Å²) in [4.78, 5) is 25.2. The van der Waals surface area contributed by atoms with Gasteiger partial charge in [-0.2, -0.15) is 0 Å². The summed E-state index contributed by atoms with van der Waals surface area (Å²) in [5.41, 5.74) is -0.00881. The standard InChI is InChI=1S/C16H22N2O5S/c1-16(2,3)23-15(20)18-9-13(10-18)14(19)17-24(21,22)11-12-7-5-4-6-8-12/h4-8,13H,9-11H2,1-3H3,(H,17,19). The van der Waals surface area contributed by atoms with Crippen molar-refractivity contribution >= 4 is 22.0 Å². The minimum Gasteiger partial charge on any atom is -0.444 e. The number of benzene rings is 1. The maximum absolute atomic E-state index is 12.0. The molecule has 0 aromatic heterocycles. The summed E-state index contributed by atoms with van der Waals surface area (Å²) in [5.74, 6) is -1.39. The topological polar surface area (TPSA) is 92.8 Å². The summed E-state index contributed by atoms with van der Waals surface area (Å²) in [5, 5.41) is 0. The van der Waals surface area contributed by atoms with E-state index in [-0.39, 0.29) is 18.8 Å². The first-order valence-electron chi connectivity index (χ1n) is 7.62. The predicted molar refractivity (Wildman–Crippen MR) is 88.5 cm³/mol. The molecule has 8 heteroatoms. The molecule has 2 amide bonds. The first-order chi connectivity index (χ1) is 11.1. The highest BCUT2D eigenvalue weighted by Gasteiger charge is 2.39. The Labute approximate surface area is 142 Å². The van der Waals surface area contributed by atoms with E-state index in [2.05, 4.69) is 4.72 Å². The van der Waals surface area contributed by atoms with Gasteiger partial charge in [-0.05, 0) is 26.3 Å². The Morgan fingerprint density at radius 2 is 1.79 bits per heavy atom. The zero-order valence-electron chi connectivity index (χ0n) is 14.0. The lowest BCUT2D eigenvalue weighted by atomic mass is 10.0. The van der Waals surface area contributed by atoms with Crippen LogP contribution in [0.5, 0.6) is 0 Å². The molecular weight excluding hydrogens is 332 g/mol. The molecule has 0 aliphatic carbocycles. The fourth-order valence-corrected chi connectivity index (χ4v) is 3.36. The van der Waals surface area contributed by atoms with Crippen molar-refractivity contribution in [2.45, 2.75) is 32.1 Å². The number of rotatable bonds is 4. The van der Waals surface area contributed by atoms with E-state index in [0.717, 1.165) is 0 Å². The minimum absolute atomic E-state index is 0.154. The number of carbonyl (C=O) groups is 2. The Bertz CT molecular complexity index is 704. The molecule has 1 aromatic rings. The average Bonchev–Trinajstić information content (AvgIpc) is 2.34. The maximum atomic E-state index is 12.0. The number of sulfonamides is 1. The smallest absolute Gasteiger partial charge is 0.410 e. The molecule has 1 N–H and O–H groups in total. The molecule has 7 nitrogen and oxygen atoms in total. The molecule has 1 saturated heterocycles. The van der Waals surface area contributed by atoms with Gasteiger partial charge in [0.1, 0.15) is 5.60 Å². The molecule has 1 aliphatic rings. The zero-order valence-corrected chi connectivity index (χ0v) is 14.8. The van der Waals surface area contributed by atoms with E-state index in [1.807, 2.05) is 0 Å². The lowest BCUT2D eigenvalue weighted by Crippen LogP contribution is -2.57. The number of ether oxygens (including phenoxy) is 1. The predicted octanol–water partition coefficient (Wildman–Crippen LogP) is 1.50. The molecule has 0 radical (unpaired) electrons. The van der Waals surface area contributed by atoms with Crippen molar-refractivity contribution in [2.75, 3.05) is 13.1 Å². The molecule has 0 spiro atoms. The molecule has 1 aliphatic heterocycles. The summed E-state index contributed by atoms with van der Waals surface area (Å²) in [6.07, 6.45) is -0.501. The molecule has 0 saturated carbocycles. The molecule has 1 aromatic carbocycles. The van der Waals surface area contributed by atoms with Gasteiger partial charge in [-0.1, -0.05) is 30.3 Å². The first kappa shape index (κ1) is 18.3. The Kier molecular flexibility index (Phi) is 5.17. The van der Waals surface area contributed by atoms with Crippen LogP contribution in [0, 0.1) is 5.92 Å². The number of nitrogens with zero attached hydrogens (tertiary/aromatic N) is 1. The van der Waals surface area contributed by atoms with Gasteiger partial charge in [0.2, 0.25) is 15.9 Å². The van der Waals surface area contributed by atoms with Crippen LogP contribution in [0.25, 0.3) is 0 Å². The molecule has 132 valence electrons. The maximum Gasteiger partial charge on any atom is 0.410 e. The average molecular weight is 354 g/mol. The van der Waals surface area contributed by atoms with Crippen LogP contribution in [0.2, 0.25) is 0 Å². The van der Waals surface area contributed by atoms with Crippen molar-refractivity contribution in [1.29, 1.82) is 0 Å². The number of amides is 2. The summed E-state index contributed by atoms with van der Waals surface area (Å²) in [6, 6.07) is 8.61. The van der Waals surface area contributed by atoms with Crippen LogP contribution >= 0.6 is 0 Å². The van der Waals surface area contributed by atoms with Gasteiger partial charge in [0.15, 0.2) is 0 Å². The van der Waals surface area contributed by atoms with Gasteiger partial charge in [-0.15, -0.1) is 0 Å². The third kappa shape index (κ3) is 5.23. The molecule has 0 unspecified atom stereocenters. The Morgan fingerprint density at radius 3 is 2.33 bits per heavy atom. The van der Waals surface area contributed by atoms with E-state index in [1.54, 1.807) is 51.1 Å². The molecule has 0 atom stereocenters. The Hall–Kier alpha value is -2.09. The van der Waals surface area contributed by atoms with Crippen LogP contribution in [-0.2, 0) is 25.3 Å². The van der Waals surface area contributed by atoms with Crippen molar-refractivity contribution in [1.82, 2.24) is 9.62 Å². The van der Waals surface area contributed by atoms with Gasteiger partial charge in [0, 0.05) is 13.1 Å². The van der Waals surface area contributed by atoms with E-state index in [4.69, 9.17) is 4.74 Å². The van der Waals surface area contributed by atoms with Gasteiger partial charge in [-0.25, -0.2) is 13.2 Å². The van der Waals surface area contributed by atoms with E-state index in [9.17, 15) is 18.0 Å². The molecule has 0 bridgehead atoms. The lowest BCUT2D eigenvalue weighted by molar-refractivity contribution is -0.127. The van der Waals surface area contributed by atoms with E-state index in [0.29, 0.717) is 5.56 Å². The van der Waals surface area contributed by atoms with Crippen molar-refractivity contribution in [3.05, 3.63) is 35.9 Å². The molecule has 2 rings (SSSR count).